The van der Waals surface area contributed by atoms with E-state index >= 15 is 0 Å². The Kier molecular flexibility index (Phi) is 5.95. The van der Waals surface area contributed by atoms with Crippen molar-refractivity contribution in [2.75, 3.05) is 58.0 Å². The first-order chi connectivity index (χ1) is 17.6. The number of aryl methyl sites for hydroxylation is 1. The zero-order chi connectivity index (χ0) is 24.6. The highest BCUT2D eigenvalue weighted by molar-refractivity contribution is 5.98. The third-order valence-electron chi connectivity index (χ3n) is 7.39. The molecule has 2 aromatic heterocycles. The molecule has 4 aromatic rings. The summed E-state index contributed by atoms with van der Waals surface area (Å²) < 4.78 is 5.32. The lowest BCUT2D eigenvalue weighted by molar-refractivity contribution is 0.0695. The average Bonchev–Trinajstić information content (AvgIpc) is 3.59. The first-order valence-corrected chi connectivity index (χ1v) is 12.6. The maximum atomic E-state index is 12.7. The first-order valence-electron chi connectivity index (χ1n) is 12.6. The van der Waals surface area contributed by atoms with Crippen molar-refractivity contribution >= 4 is 22.6 Å². The number of fused-ring (bicyclic) bond motifs is 1. The Morgan fingerprint density at radius 1 is 0.944 bits per heavy atom. The number of piperazine rings is 1. The van der Waals surface area contributed by atoms with Crippen LogP contribution in [0.25, 0.3) is 33.3 Å². The number of likely N-dealkylation sites (N-methyl/N-ethyl adjacent to an activating group) is 1. The van der Waals surface area contributed by atoms with Gasteiger partial charge in [-0.3, -0.25) is 4.79 Å². The van der Waals surface area contributed by atoms with Crippen molar-refractivity contribution in [3.05, 3.63) is 72.1 Å². The molecular formula is C29H31N5O2. The van der Waals surface area contributed by atoms with Crippen LogP contribution in [0.2, 0.25) is 0 Å². The Morgan fingerprint density at radius 2 is 1.72 bits per heavy atom. The van der Waals surface area contributed by atoms with E-state index in [1.54, 1.807) is 4.90 Å². The summed E-state index contributed by atoms with van der Waals surface area (Å²) in [6.45, 7) is 8.13. The third kappa shape index (κ3) is 4.25. The number of carbonyl (C=O) groups excluding carboxylic acids is 1. The SMILES string of the molecule is Cc1cc(-c2cnc3[nH]cc(-c4ccc(C(=O)N5CCOC5)cc4)c3c2)ccc1N1CCN(C)CC1. The van der Waals surface area contributed by atoms with Gasteiger partial charge in [0.1, 0.15) is 12.4 Å². The van der Waals surface area contributed by atoms with Crippen LogP contribution in [0.15, 0.2) is 60.9 Å². The van der Waals surface area contributed by atoms with Crippen molar-refractivity contribution in [2.24, 2.45) is 0 Å². The maximum Gasteiger partial charge on any atom is 0.255 e. The van der Waals surface area contributed by atoms with Crippen LogP contribution in [0.3, 0.4) is 0 Å². The Labute approximate surface area is 211 Å². The van der Waals surface area contributed by atoms with Crippen molar-refractivity contribution in [1.29, 1.82) is 0 Å². The van der Waals surface area contributed by atoms with Crippen LogP contribution in [0.4, 0.5) is 5.69 Å². The number of amides is 1. The molecule has 2 aliphatic heterocycles. The van der Waals surface area contributed by atoms with Crippen LogP contribution in [0.1, 0.15) is 15.9 Å². The second kappa shape index (κ2) is 9.41. The zero-order valence-electron chi connectivity index (χ0n) is 20.8. The number of pyridine rings is 1. The molecule has 7 nitrogen and oxygen atoms in total. The molecule has 2 aromatic carbocycles. The van der Waals surface area contributed by atoms with Crippen molar-refractivity contribution in [2.45, 2.75) is 6.92 Å². The van der Waals surface area contributed by atoms with Gasteiger partial charge in [-0.05, 0) is 61.0 Å². The minimum atomic E-state index is 0.0114. The number of aromatic amines is 1. The second-order valence-corrected chi connectivity index (χ2v) is 9.80. The molecule has 0 atom stereocenters. The topological polar surface area (TPSA) is 64.7 Å². The Hall–Kier alpha value is -3.68. The summed E-state index contributed by atoms with van der Waals surface area (Å²) in [5.41, 5.74) is 8.53. The molecule has 36 heavy (non-hydrogen) atoms. The van der Waals surface area contributed by atoms with Crippen molar-refractivity contribution in [1.82, 2.24) is 19.8 Å². The van der Waals surface area contributed by atoms with Gasteiger partial charge in [-0.2, -0.15) is 0 Å². The lowest BCUT2D eigenvalue weighted by atomic mass is 9.99. The van der Waals surface area contributed by atoms with Gasteiger partial charge < -0.3 is 24.4 Å². The fraction of sp³-hybridized carbons (Fsp3) is 0.310. The normalized spacial score (nSPS) is 16.7. The zero-order valence-corrected chi connectivity index (χ0v) is 20.8. The lowest BCUT2D eigenvalue weighted by Crippen LogP contribution is -2.44. The largest absolute Gasteiger partial charge is 0.369 e. The number of anilines is 1. The van der Waals surface area contributed by atoms with E-state index in [9.17, 15) is 4.79 Å². The van der Waals surface area contributed by atoms with Crippen LogP contribution >= 0.6 is 0 Å². The van der Waals surface area contributed by atoms with E-state index in [0.717, 1.165) is 53.9 Å². The molecule has 6 rings (SSSR count). The van der Waals surface area contributed by atoms with Gasteiger partial charge in [-0.15, -0.1) is 0 Å². The standard InChI is InChI=1S/C29H31N5O2/c1-20-15-23(7-8-27(20)33-11-9-32(2)10-12-33)24-16-25-26(18-31-28(25)30-17-24)21-3-5-22(6-4-21)29(35)34-13-14-36-19-34/h3-8,15-18H,9-14,19H2,1-2H3,(H,30,31). The summed E-state index contributed by atoms with van der Waals surface area (Å²) in [7, 11) is 2.18. The van der Waals surface area contributed by atoms with Crippen LogP contribution in [-0.4, -0.2) is 78.8 Å². The van der Waals surface area contributed by atoms with Crippen molar-refractivity contribution in [3.8, 4) is 22.3 Å². The van der Waals surface area contributed by atoms with E-state index in [1.165, 1.54) is 16.8 Å². The summed E-state index contributed by atoms with van der Waals surface area (Å²) in [5.74, 6) is 0.0114. The van der Waals surface area contributed by atoms with Gasteiger partial charge in [0.25, 0.3) is 5.91 Å². The molecule has 2 saturated heterocycles. The summed E-state index contributed by atoms with van der Waals surface area (Å²) in [6.07, 6.45) is 3.93. The summed E-state index contributed by atoms with van der Waals surface area (Å²) in [6, 6.07) is 16.7. The Bertz CT molecular complexity index is 1400. The maximum absolute atomic E-state index is 12.7. The summed E-state index contributed by atoms with van der Waals surface area (Å²) >= 11 is 0. The molecule has 7 heteroatoms. The smallest absolute Gasteiger partial charge is 0.255 e. The molecule has 4 heterocycles. The lowest BCUT2D eigenvalue weighted by Gasteiger charge is -2.35. The highest BCUT2D eigenvalue weighted by Gasteiger charge is 2.20. The van der Waals surface area contributed by atoms with Crippen LogP contribution < -0.4 is 4.90 Å². The molecular weight excluding hydrogens is 450 g/mol. The van der Waals surface area contributed by atoms with Gasteiger partial charge in [0.05, 0.1) is 6.61 Å². The van der Waals surface area contributed by atoms with Gasteiger partial charge in [0.2, 0.25) is 0 Å². The molecule has 2 fully saturated rings. The minimum absolute atomic E-state index is 0.0114. The first kappa shape index (κ1) is 22.8. The van der Waals surface area contributed by atoms with Gasteiger partial charge >= 0.3 is 0 Å². The van der Waals surface area contributed by atoms with Gasteiger partial charge in [-0.25, -0.2) is 4.98 Å². The van der Waals surface area contributed by atoms with Crippen molar-refractivity contribution < 1.29 is 9.53 Å². The van der Waals surface area contributed by atoms with E-state index in [-0.39, 0.29) is 5.91 Å². The van der Waals surface area contributed by atoms with E-state index in [0.29, 0.717) is 25.4 Å². The van der Waals surface area contributed by atoms with Gasteiger partial charge in [-0.1, -0.05) is 18.2 Å². The summed E-state index contributed by atoms with van der Waals surface area (Å²) in [4.78, 5) is 27.2. The average molecular weight is 482 g/mol. The number of ether oxygens (including phenoxy) is 1. The molecule has 0 radical (unpaired) electrons. The number of nitrogens with zero attached hydrogens (tertiary/aromatic N) is 4. The van der Waals surface area contributed by atoms with Crippen LogP contribution in [-0.2, 0) is 4.74 Å². The molecule has 1 amide bonds. The number of benzene rings is 2. The number of carbonyl (C=O) groups is 1. The van der Waals surface area contributed by atoms with Gasteiger partial charge in [0, 0.05) is 72.9 Å². The molecule has 184 valence electrons. The number of hydrogen-bond acceptors (Lipinski definition) is 5. The Balaban J connectivity index is 1.27. The van der Waals surface area contributed by atoms with E-state index in [4.69, 9.17) is 9.72 Å². The highest BCUT2D eigenvalue weighted by Crippen LogP contribution is 2.33. The van der Waals surface area contributed by atoms with Crippen LogP contribution in [0, 0.1) is 6.92 Å². The number of rotatable bonds is 4. The molecule has 0 saturated carbocycles. The monoisotopic (exact) mass is 481 g/mol. The van der Waals surface area contributed by atoms with E-state index in [2.05, 4.69) is 53.0 Å². The predicted molar refractivity (Wildman–Crippen MR) is 143 cm³/mol. The van der Waals surface area contributed by atoms with Gasteiger partial charge in [0.15, 0.2) is 0 Å². The molecule has 0 spiro atoms. The second-order valence-electron chi connectivity index (χ2n) is 9.80. The number of H-pyrrole nitrogens is 1. The van der Waals surface area contributed by atoms with E-state index in [1.807, 2.05) is 36.7 Å². The molecule has 0 unspecified atom stereocenters. The molecule has 0 bridgehead atoms. The molecule has 0 aliphatic carbocycles. The fourth-order valence-corrected chi connectivity index (χ4v) is 5.19. The van der Waals surface area contributed by atoms with Crippen LogP contribution in [0.5, 0.6) is 0 Å². The predicted octanol–water partition coefficient (Wildman–Crippen LogP) is 4.39. The number of nitrogens with one attached hydrogen (secondary N) is 1. The molecule has 2 aliphatic rings. The minimum Gasteiger partial charge on any atom is -0.369 e. The quantitative estimate of drug-likeness (QED) is 0.469. The Morgan fingerprint density at radius 3 is 2.44 bits per heavy atom. The number of aromatic nitrogens is 2. The summed E-state index contributed by atoms with van der Waals surface area (Å²) in [5, 5.41) is 1.07. The fourth-order valence-electron chi connectivity index (χ4n) is 5.19. The van der Waals surface area contributed by atoms with Crippen molar-refractivity contribution in [3.63, 3.8) is 0 Å². The highest BCUT2D eigenvalue weighted by atomic mass is 16.5. The number of hydrogen-bond donors (Lipinski definition) is 1. The molecule has 1 N–H and O–H groups in total. The van der Waals surface area contributed by atoms with E-state index < -0.39 is 0 Å². The third-order valence-corrected chi connectivity index (χ3v) is 7.39.